The van der Waals surface area contributed by atoms with E-state index in [4.69, 9.17) is 9.26 Å². The number of carbonyl (C=O) groups is 1. The molecule has 3 aliphatic carbocycles. The fourth-order valence-corrected chi connectivity index (χ4v) is 7.11. The standard InChI is InChI=1S/C28H27F3N4O4/c1-14-11-27-20(14)9-17(10-21(27)35(27)22-7-6-16(12-33-22)26(36)37)38-13-19-23(34-39-24(19)15-4-5-15)18-3-2-8-32-25(18)28(29,30)31/h2-3,6-8,12,14-15,17,20-21H,4-5,9-11,13H2,1H3,(H,36,37)/t14-,17-,20?,21?,27?,35?/m1/s1. The summed E-state index contributed by atoms with van der Waals surface area (Å²) in [5.74, 6) is 1.45. The summed E-state index contributed by atoms with van der Waals surface area (Å²) >= 11 is 0. The molecule has 8 nitrogen and oxygen atoms in total. The number of pyridine rings is 2. The van der Waals surface area contributed by atoms with E-state index in [-0.39, 0.29) is 47.0 Å². The number of aromatic nitrogens is 3. The van der Waals surface area contributed by atoms with E-state index in [9.17, 15) is 23.1 Å². The highest BCUT2D eigenvalue weighted by Crippen LogP contribution is 2.68. The smallest absolute Gasteiger partial charge is 0.434 e. The summed E-state index contributed by atoms with van der Waals surface area (Å²) in [6, 6.07) is 6.43. The van der Waals surface area contributed by atoms with E-state index < -0.39 is 17.8 Å². The zero-order valence-electron chi connectivity index (χ0n) is 21.2. The van der Waals surface area contributed by atoms with Crippen molar-refractivity contribution in [3.63, 3.8) is 0 Å². The molecule has 204 valence electrons. The van der Waals surface area contributed by atoms with Gasteiger partial charge in [-0.1, -0.05) is 12.1 Å². The molecule has 3 aromatic rings. The Morgan fingerprint density at radius 2 is 2.05 bits per heavy atom. The Morgan fingerprint density at radius 1 is 1.23 bits per heavy atom. The number of anilines is 1. The second kappa shape index (κ2) is 8.51. The molecule has 7 rings (SSSR count). The van der Waals surface area contributed by atoms with Crippen LogP contribution in [-0.4, -0.2) is 43.9 Å². The van der Waals surface area contributed by atoms with Crippen LogP contribution < -0.4 is 4.90 Å². The highest BCUT2D eigenvalue weighted by atomic mass is 19.4. The van der Waals surface area contributed by atoms with Gasteiger partial charge in [0.2, 0.25) is 0 Å². The molecule has 1 N–H and O–H groups in total. The first kappa shape index (κ1) is 24.6. The molecular formula is C28H27F3N4O4. The second-order valence-electron chi connectivity index (χ2n) is 11.3. The monoisotopic (exact) mass is 540 g/mol. The van der Waals surface area contributed by atoms with Gasteiger partial charge in [-0.3, -0.25) is 4.98 Å². The Labute approximate surface area is 222 Å². The van der Waals surface area contributed by atoms with E-state index in [2.05, 4.69) is 26.9 Å². The van der Waals surface area contributed by atoms with Crippen LogP contribution in [0.4, 0.5) is 19.0 Å². The molecule has 1 spiro atoms. The Bertz CT molecular complexity index is 1440. The molecule has 11 heteroatoms. The van der Waals surface area contributed by atoms with E-state index >= 15 is 0 Å². The third-order valence-electron chi connectivity index (χ3n) is 9.05. The van der Waals surface area contributed by atoms with Crippen LogP contribution in [0.15, 0.2) is 41.2 Å². The van der Waals surface area contributed by atoms with Crippen LogP contribution in [0.5, 0.6) is 0 Å². The van der Waals surface area contributed by atoms with E-state index in [0.29, 0.717) is 23.2 Å². The fraction of sp³-hybridized carbons (Fsp3) is 0.500. The normalized spacial score (nSPS) is 29.4. The Morgan fingerprint density at radius 3 is 2.72 bits per heavy atom. The average Bonchev–Trinajstić information content (AvgIpc) is 3.82. The van der Waals surface area contributed by atoms with Crippen molar-refractivity contribution in [3.05, 3.63) is 59.2 Å². The van der Waals surface area contributed by atoms with Gasteiger partial charge in [-0.2, -0.15) is 13.2 Å². The Kier molecular flexibility index (Phi) is 5.36. The number of rotatable bonds is 7. The van der Waals surface area contributed by atoms with Crippen LogP contribution >= 0.6 is 0 Å². The summed E-state index contributed by atoms with van der Waals surface area (Å²) in [6.07, 6.45) is 2.33. The maximum atomic E-state index is 13.7. The number of hydrogen-bond acceptors (Lipinski definition) is 7. The van der Waals surface area contributed by atoms with Crippen molar-refractivity contribution >= 4 is 11.8 Å². The number of nitrogens with zero attached hydrogens (tertiary/aromatic N) is 4. The summed E-state index contributed by atoms with van der Waals surface area (Å²) in [6.45, 7) is 2.35. The van der Waals surface area contributed by atoms with Gasteiger partial charge >= 0.3 is 12.1 Å². The summed E-state index contributed by atoms with van der Waals surface area (Å²) in [5, 5.41) is 13.3. The van der Waals surface area contributed by atoms with E-state index in [1.807, 2.05) is 0 Å². The van der Waals surface area contributed by atoms with Crippen LogP contribution in [0.2, 0.25) is 0 Å². The number of aromatic carboxylic acids is 1. The van der Waals surface area contributed by atoms with E-state index in [0.717, 1.165) is 44.1 Å². The molecular weight excluding hydrogens is 513 g/mol. The summed E-state index contributed by atoms with van der Waals surface area (Å²) < 4.78 is 53.2. The molecule has 3 aromatic heterocycles. The van der Waals surface area contributed by atoms with Crippen molar-refractivity contribution in [1.82, 2.24) is 15.1 Å². The predicted octanol–water partition coefficient (Wildman–Crippen LogP) is 5.69. The number of alkyl halides is 3. The van der Waals surface area contributed by atoms with Gasteiger partial charge in [-0.15, -0.1) is 0 Å². The third-order valence-corrected chi connectivity index (χ3v) is 9.05. The maximum absolute atomic E-state index is 13.7. The van der Waals surface area contributed by atoms with Crippen molar-refractivity contribution in [2.45, 2.75) is 75.4 Å². The quantitative estimate of drug-likeness (QED) is 0.382. The van der Waals surface area contributed by atoms with Crippen molar-refractivity contribution in [1.29, 1.82) is 0 Å². The summed E-state index contributed by atoms with van der Waals surface area (Å²) in [5.41, 5.74) is -0.167. The molecule has 0 aromatic carbocycles. The minimum absolute atomic E-state index is 0.0376. The van der Waals surface area contributed by atoms with Crippen LogP contribution in [0.3, 0.4) is 0 Å². The zero-order valence-corrected chi connectivity index (χ0v) is 21.2. The van der Waals surface area contributed by atoms with Gasteiger partial charge in [0.05, 0.1) is 29.9 Å². The van der Waals surface area contributed by atoms with Gasteiger partial charge in [0, 0.05) is 29.4 Å². The number of carboxylic acids is 1. The van der Waals surface area contributed by atoms with Gasteiger partial charge < -0.3 is 19.3 Å². The molecule has 4 fully saturated rings. The zero-order chi connectivity index (χ0) is 27.1. The summed E-state index contributed by atoms with van der Waals surface area (Å²) in [7, 11) is 0. The van der Waals surface area contributed by atoms with Crippen molar-refractivity contribution < 1.29 is 32.3 Å². The van der Waals surface area contributed by atoms with E-state index in [1.165, 1.54) is 18.3 Å². The highest BCUT2D eigenvalue weighted by molar-refractivity contribution is 5.87. The first-order chi connectivity index (χ1) is 18.7. The van der Waals surface area contributed by atoms with Crippen molar-refractivity contribution in [2.75, 3.05) is 4.90 Å². The third kappa shape index (κ3) is 3.84. The molecule has 4 heterocycles. The number of hydrogen-bond donors (Lipinski definition) is 1. The molecule has 0 bridgehead atoms. The van der Waals surface area contributed by atoms with Gasteiger partial charge in [0.15, 0.2) is 5.69 Å². The Hall–Kier alpha value is -3.47. The molecule has 4 aliphatic rings. The SMILES string of the molecule is C[C@@H]1CC23C1C[C@@H](OCc1c(-c4cccnc4C(F)(F)F)noc1C1CC1)CC2N3c1ccc(C(=O)O)cn1. The van der Waals surface area contributed by atoms with Crippen molar-refractivity contribution in [2.24, 2.45) is 11.8 Å². The first-order valence-corrected chi connectivity index (χ1v) is 13.3. The van der Waals surface area contributed by atoms with Crippen LogP contribution in [0, 0.1) is 11.8 Å². The molecule has 1 saturated heterocycles. The molecule has 1 aliphatic heterocycles. The molecule has 0 amide bonds. The van der Waals surface area contributed by atoms with Crippen LogP contribution in [0.1, 0.15) is 72.3 Å². The average molecular weight is 541 g/mol. The lowest BCUT2D eigenvalue weighted by atomic mass is 9.58. The minimum atomic E-state index is -4.62. The second-order valence-corrected chi connectivity index (χ2v) is 11.3. The fourth-order valence-electron chi connectivity index (χ4n) is 7.11. The van der Waals surface area contributed by atoms with Gasteiger partial charge in [0.1, 0.15) is 17.3 Å². The minimum Gasteiger partial charge on any atom is -0.478 e. The molecule has 39 heavy (non-hydrogen) atoms. The lowest BCUT2D eigenvalue weighted by Gasteiger charge is -2.48. The summed E-state index contributed by atoms with van der Waals surface area (Å²) in [4.78, 5) is 21.6. The van der Waals surface area contributed by atoms with Gasteiger partial charge in [-0.25, -0.2) is 9.78 Å². The number of ether oxygens (including phenoxy) is 1. The van der Waals surface area contributed by atoms with Gasteiger partial charge in [-0.05, 0) is 68.2 Å². The lowest BCUT2D eigenvalue weighted by molar-refractivity contribution is -0.140. The maximum Gasteiger partial charge on any atom is 0.434 e. The highest BCUT2D eigenvalue weighted by Gasteiger charge is 2.75. The Balaban J connectivity index is 1.13. The lowest BCUT2D eigenvalue weighted by Crippen LogP contribution is -2.51. The van der Waals surface area contributed by atoms with Crippen molar-refractivity contribution in [3.8, 4) is 11.3 Å². The largest absolute Gasteiger partial charge is 0.478 e. The van der Waals surface area contributed by atoms with Crippen LogP contribution in [-0.2, 0) is 17.5 Å². The topological polar surface area (TPSA) is 101 Å². The van der Waals surface area contributed by atoms with Crippen LogP contribution in [0.25, 0.3) is 11.3 Å². The first-order valence-electron chi connectivity index (χ1n) is 13.3. The molecule has 0 radical (unpaired) electrons. The number of halogens is 3. The number of carboxylic acid groups (broad SMARTS) is 1. The predicted molar refractivity (Wildman–Crippen MR) is 132 cm³/mol. The molecule has 3 unspecified atom stereocenters. The molecule has 3 saturated carbocycles. The molecule has 5 atom stereocenters. The van der Waals surface area contributed by atoms with Gasteiger partial charge in [0.25, 0.3) is 0 Å². The van der Waals surface area contributed by atoms with E-state index in [1.54, 1.807) is 12.1 Å².